The lowest BCUT2D eigenvalue weighted by Crippen LogP contribution is -2.17. The Morgan fingerprint density at radius 3 is 2.59 bits per heavy atom. The van der Waals surface area contributed by atoms with Gasteiger partial charge in [-0.2, -0.15) is 5.10 Å². The normalized spacial score (nSPS) is 10.9. The monoisotopic (exact) mass is 600 g/mol. The molecule has 0 aliphatic carbocycles. The fourth-order valence-electron chi connectivity index (χ4n) is 2.62. The highest BCUT2D eigenvalue weighted by molar-refractivity contribution is 9.10. The van der Waals surface area contributed by atoms with Crippen LogP contribution in [-0.2, 0) is 6.61 Å². The highest BCUT2D eigenvalue weighted by atomic mass is 79.9. The van der Waals surface area contributed by atoms with Crippen molar-refractivity contribution < 1.29 is 19.4 Å². The maximum atomic E-state index is 12.3. The molecule has 10 heteroatoms. The molecule has 6 nitrogen and oxygen atoms in total. The van der Waals surface area contributed by atoms with Gasteiger partial charge in [-0.25, -0.2) is 5.43 Å². The number of ether oxygens (including phenoxy) is 2. The lowest BCUT2D eigenvalue weighted by atomic mass is 10.2. The van der Waals surface area contributed by atoms with Crippen molar-refractivity contribution in [3.8, 4) is 17.2 Å². The zero-order chi connectivity index (χ0) is 23.3. The maximum absolute atomic E-state index is 12.3. The molecule has 0 unspecified atom stereocenters. The Morgan fingerprint density at radius 1 is 1.09 bits per heavy atom. The highest BCUT2D eigenvalue weighted by Crippen LogP contribution is 2.34. The van der Waals surface area contributed by atoms with Gasteiger partial charge in [-0.05, 0) is 64.0 Å². The molecule has 0 atom stereocenters. The second-order valence-corrected chi connectivity index (χ2v) is 9.01. The van der Waals surface area contributed by atoms with Crippen molar-refractivity contribution in [2.45, 2.75) is 6.61 Å². The number of hydrogen-bond acceptors (Lipinski definition) is 5. The largest absolute Gasteiger partial charge is 0.507 e. The van der Waals surface area contributed by atoms with Crippen LogP contribution >= 0.6 is 55.1 Å². The minimum Gasteiger partial charge on any atom is -0.507 e. The van der Waals surface area contributed by atoms with Crippen LogP contribution in [0.25, 0.3) is 0 Å². The second-order valence-electron chi connectivity index (χ2n) is 6.42. The van der Waals surface area contributed by atoms with Crippen LogP contribution in [0, 0.1) is 0 Å². The first-order valence-electron chi connectivity index (χ1n) is 9.04. The molecule has 3 aromatic rings. The Labute approximate surface area is 211 Å². The van der Waals surface area contributed by atoms with E-state index in [2.05, 4.69) is 42.4 Å². The van der Waals surface area contributed by atoms with Gasteiger partial charge in [-0.1, -0.05) is 45.2 Å². The molecule has 0 radical (unpaired) electrons. The smallest absolute Gasteiger partial charge is 0.275 e. The number of phenols is 1. The number of benzene rings is 3. The van der Waals surface area contributed by atoms with Gasteiger partial charge in [0.2, 0.25) is 0 Å². The summed E-state index contributed by atoms with van der Waals surface area (Å²) >= 11 is 18.7. The number of carbonyl (C=O) groups excluding carboxylic acids is 1. The summed E-state index contributed by atoms with van der Waals surface area (Å²) < 4.78 is 12.6. The number of amides is 1. The van der Waals surface area contributed by atoms with E-state index in [9.17, 15) is 9.90 Å². The standard InChI is InChI=1S/C22H16Br2Cl2N2O4/c1-31-20-7-13(10-27-28-22(30)15-8-14(23)3-5-19(15)29)16(24)9-21(20)32-11-12-2-4-17(25)18(26)6-12/h2-10,29H,11H2,1H3,(H,28,30)/b27-10-. The Morgan fingerprint density at radius 2 is 1.88 bits per heavy atom. The molecule has 0 spiro atoms. The zero-order valence-electron chi connectivity index (χ0n) is 16.5. The van der Waals surface area contributed by atoms with Crippen LogP contribution in [0.1, 0.15) is 21.5 Å². The molecule has 0 aliphatic rings. The van der Waals surface area contributed by atoms with Crippen molar-refractivity contribution in [1.29, 1.82) is 0 Å². The Hall–Kier alpha value is -2.26. The summed E-state index contributed by atoms with van der Waals surface area (Å²) in [6, 6.07) is 13.3. The first-order chi connectivity index (χ1) is 15.3. The third-order valence-corrected chi connectivity index (χ3v) is 6.15. The molecule has 0 bridgehead atoms. The molecule has 0 saturated carbocycles. The van der Waals surface area contributed by atoms with Crippen LogP contribution in [0.2, 0.25) is 10.0 Å². The van der Waals surface area contributed by atoms with E-state index < -0.39 is 5.91 Å². The Bertz CT molecular complexity index is 1190. The summed E-state index contributed by atoms with van der Waals surface area (Å²) in [6.07, 6.45) is 1.45. The summed E-state index contributed by atoms with van der Waals surface area (Å²) in [6.45, 7) is 0.263. The number of nitrogens with one attached hydrogen (secondary N) is 1. The number of hydrogen-bond donors (Lipinski definition) is 2. The average molecular weight is 603 g/mol. The lowest BCUT2D eigenvalue weighted by Gasteiger charge is -2.13. The van der Waals surface area contributed by atoms with Crippen LogP contribution in [0.3, 0.4) is 0 Å². The van der Waals surface area contributed by atoms with E-state index in [4.69, 9.17) is 32.7 Å². The number of carbonyl (C=O) groups is 1. The molecule has 0 saturated heterocycles. The third-order valence-electron chi connectivity index (χ3n) is 4.23. The summed E-state index contributed by atoms with van der Waals surface area (Å²) in [5, 5.41) is 14.7. The molecule has 32 heavy (non-hydrogen) atoms. The predicted octanol–water partition coefficient (Wildman–Crippen LogP) is 6.58. The molecular weight excluding hydrogens is 587 g/mol. The number of nitrogens with zero attached hydrogens (tertiary/aromatic N) is 1. The first-order valence-corrected chi connectivity index (χ1v) is 11.4. The number of halogens is 4. The van der Waals surface area contributed by atoms with Crippen molar-refractivity contribution in [3.63, 3.8) is 0 Å². The van der Waals surface area contributed by atoms with Crippen molar-refractivity contribution in [2.24, 2.45) is 5.10 Å². The maximum Gasteiger partial charge on any atom is 0.275 e. The summed E-state index contributed by atoms with van der Waals surface area (Å²) in [7, 11) is 1.52. The number of phenolic OH excluding ortho intramolecular Hbond substituents is 1. The van der Waals surface area contributed by atoms with Crippen LogP contribution in [-0.4, -0.2) is 24.3 Å². The van der Waals surface area contributed by atoms with Crippen LogP contribution in [0.4, 0.5) is 0 Å². The number of hydrazone groups is 1. The van der Waals surface area contributed by atoms with Crippen molar-refractivity contribution >= 4 is 67.2 Å². The van der Waals surface area contributed by atoms with Gasteiger partial charge in [-0.15, -0.1) is 0 Å². The van der Waals surface area contributed by atoms with Crippen molar-refractivity contribution in [1.82, 2.24) is 5.43 Å². The molecule has 0 heterocycles. The molecule has 2 N–H and O–H groups in total. The predicted molar refractivity (Wildman–Crippen MR) is 132 cm³/mol. The molecule has 3 rings (SSSR count). The quantitative estimate of drug-likeness (QED) is 0.237. The van der Waals surface area contributed by atoms with Crippen LogP contribution < -0.4 is 14.9 Å². The van der Waals surface area contributed by atoms with Gasteiger partial charge in [0.1, 0.15) is 12.4 Å². The fourth-order valence-corrected chi connectivity index (χ4v) is 3.73. The molecule has 1 amide bonds. The third kappa shape index (κ3) is 6.16. The van der Waals surface area contributed by atoms with Crippen LogP contribution in [0.15, 0.2) is 62.6 Å². The Kier molecular flexibility index (Phi) is 8.42. The topological polar surface area (TPSA) is 80.2 Å². The van der Waals surface area contributed by atoms with Gasteiger partial charge in [-0.3, -0.25) is 4.79 Å². The van der Waals surface area contributed by atoms with Gasteiger partial charge < -0.3 is 14.6 Å². The minimum absolute atomic E-state index is 0.0965. The number of rotatable bonds is 7. The van der Waals surface area contributed by atoms with Crippen molar-refractivity contribution in [2.75, 3.05) is 7.11 Å². The van der Waals surface area contributed by atoms with E-state index in [0.717, 1.165) is 5.56 Å². The van der Waals surface area contributed by atoms with Gasteiger partial charge >= 0.3 is 0 Å². The van der Waals surface area contributed by atoms with E-state index in [0.29, 0.717) is 36.1 Å². The lowest BCUT2D eigenvalue weighted by molar-refractivity contribution is 0.0952. The van der Waals surface area contributed by atoms with E-state index in [1.165, 1.54) is 25.5 Å². The molecule has 0 aliphatic heterocycles. The van der Waals surface area contributed by atoms with Gasteiger partial charge in [0.15, 0.2) is 11.5 Å². The van der Waals surface area contributed by atoms with Crippen molar-refractivity contribution in [3.05, 3.63) is 84.2 Å². The summed E-state index contributed by atoms with van der Waals surface area (Å²) in [5.41, 5.74) is 3.97. The molecule has 0 fully saturated rings. The zero-order valence-corrected chi connectivity index (χ0v) is 21.2. The van der Waals surface area contributed by atoms with Gasteiger partial charge in [0.25, 0.3) is 5.91 Å². The first kappa shape index (κ1) is 24.4. The number of methoxy groups -OCH3 is 1. The second kappa shape index (κ2) is 11.0. The molecular formula is C22H16Br2Cl2N2O4. The average Bonchev–Trinajstić information content (AvgIpc) is 2.77. The van der Waals surface area contributed by atoms with E-state index in [1.54, 1.807) is 30.3 Å². The summed E-state index contributed by atoms with van der Waals surface area (Å²) in [4.78, 5) is 12.3. The van der Waals surface area contributed by atoms with E-state index >= 15 is 0 Å². The highest BCUT2D eigenvalue weighted by Gasteiger charge is 2.12. The molecule has 3 aromatic carbocycles. The Balaban J connectivity index is 1.71. The minimum atomic E-state index is -0.551. The SMILES string of the molecule is COc1cc(/C=N\NC(=O)c2cc(Br)ccc2O)c(Br)cc1OCc1ccc(Cl)c(Cl)c1. The van der Waals surface area contributed by atoms with Gasteiger partial charge in [0.05, 0.1) is 28.9 Å². The van der Waals surface area contributed by atoms with Gasteiger partial charge in [0, 0.05) is 14.5 Å². The van der Waals surface area contributed by atoms with E-state index in [1.807, 2.05) is 6.07 Å². The van der Waals surface area contributed by atoms with Crippen LogP contribution in [0.5, 0.6) is 17.2 Å². The fraction of sp³-hybridized carbons (Fsp3) is 0.0909. The molecule has 166 valence electrons. The number of aromatic hydroxyl groups is 1. The van der Waals surface area contributed by atoms with E-state index in [-0.39, 0.29) is 17.9 Å². The molecule has 0 aromatic heterocycles. The summed E-state index contributed by atoms with van der Waals surface area (Å²) in [5.74, 6) is 0.285.